The molecule has 0 amide bonds. The number of carboxylic acid groups (broad SMARTS) is 2. The highest BCUT2D eigenvalue weighted by Crippen LogP contribution is 2.28. The van der Waals surface area contributed by atoms with Crippen molar-refractivity contribution >= 4 is 29.4 Å². The van der Waals surface area contributed by atoms with Gasteiger partial charge in [0.2, 0.25) is 5.54 Å². The zero-order chi connectivity index (χ0) is 15.6. The normalized spacial score (nSPS) is 17.2. The minimum atomic E-state index is -2.04. The minimum Gasteiger partial charge on any atom is -0.479 e. The summed E-state index contributed by atoms with van der Waals surface area (Å²) < 4.78 is 0. The van der Waals surface area contributed by atoms with Crippen LogP contribution < -0.4 is 10.4 Å². The highest BCUT2D eigenvalue weighted by molar-refractivity contribution is 7.98. The molecule has 6 nitrogen and oxygen atoms in total. The predicted octanol–water partition coefficient (Wildman–Crippen LogP) is 1.94. The number of thioether (sulfide) groups is 1. The van der Waals surface area contributed by atoms with Crippen LogP contribution >= 0.6 is 11.8 Å². The van der Waals surface area contributed by atoms with Crippen LogP contribution in [0.5, 0.6) is 0 Å². The zero-order valence-electron chi connectivity index (χ0n) is 11.7. The number of hydrazine groups is 1. The molecule has 0 unspecified atom stereocenters. The van der Waals surface area contributed by atoms with Crippen LogP contribution in [-0.2, 0) is 9.59 Å². The number of allylic oxidation sites excluding steroid dienone is 1. The molecule has 2 rings (SSSR count). The molecule has 0 aliphatic carbocycles. The molecule has 7 heteroatoms. The van der Waals surface area contributed by atoms with E-state index >= 15 is 0 Å². The molecule has 21 heavy (non-hydrogen) atoms. The maximum atomic E-state index is 11.4. The molecule has 3 N–H and O–H groups in total. The maximum Gasteiger partial charge on any atom is 0.337 e. The second-order valence-corrected chi connectivity index (χ2v) is 5.59. The predicted molar refractivity (Wildman–Crippen MR) is 80.2 cm³/mol. The fourth-order valence-electron chi connectivity index (χ4n) is 2.08. The second-order valence-electron chi connectivity index (χ2n) is 4.71. The summed E-state index contributed by atoms with van der Waals surface area (Å²) in [7, 11) is 0. The lowest BCUT2D eigenvalue weighted by molar-refractivity contribution is -0.159. The fraction of sp³-hybridized carbons (Fsp3) is 0.286. The van der Waals surface area contributed by atoms with Crippen LogP contribution in [0.15, 0.2) is 40.9 Å². The number of benzene rings is 1. The van der Waals surface area contributed by atoms with Crippen LogP contribution in [0.2, 0.25) is 0 Å². The molecule has 1 heterocycles. The number of nitrogens with zero attached hydrogens (tertiary/aromatic N) is 1. The van der Waals surface area contributed by atoms with Crippen molar-refractivity contribution in [2.45, 2.75) is 23.8 Å². The van der Waals surface area contributed by atoms with Gasteiger partial charge in [-0.2, -0.15) is 0 Å². The average Bonchev–Trinajstić information content (AvgIpc) is 2.47. The van der Waals surface area contributed by atoms with Crippen molar-refractivity contribution < 1.29 is 19.8 Å². The van der Waals surface area contributed by atoms with Crippen molar-refractivity contribution in [2.75, 3.05) is 11.3 Å². The summed E-state index contributed by atoms with van der Waals surface area (Å²) in [4.78, 5) is 23.9. The summed E-state index contributed by atoms with van der Waals surface area (Å²) in [6.07, 6.45) is 3.46. The Hall–Kier alpha value is -1.99. The van der Waals surface area contributed by atoms with Gasteiger partial charge < -0.3 is 10.2 Å². The molecular formula is C14H16N2O4S. The van der Waals surface area contributed by atoms with Gasteiger partial charge in [-0.25, -0.2) is 15.0 Å². The number of anilines is 1. The van der Waals surface area contributed by atoms with E-state index in [9.17, 15) is 19.8 Å². The Morgan fingerprint density at radius 1 is 1.24 bits per heavy atom. The van der Waals surface area contributed by atoms with Crippen molar-refractivity contribution in [3.8, 4) is 0 Å². The van der Waals surface area contributed by atoms with E-state index in [1.165, 1.54) is 5.01 Å². The summed E-state index contributed by atoms with van der Waals surface area (Å²) in [5.74, 6) is -2.83. The minimum absolute atomic E-state index is 0.108. The molecule has 0 spiro atoms. The molecule has 112 valence electrons. The van der Waals surface area contributed by atoms with E-state index < -0.39 is 17.5 Å². The summed E-state index contributed by atoms with van der Waals surface area (Å²) in [6, 6.07) is 7.42. The first-order chi connectivity index (χ1) is 9.90. The molecular weight excluding hydrogens is 292 g/mol. The Bertz CT molecular complexity index is 583. The van der Waals surface area contributed by atoms with Gasteiger partial charge in [0.25, 0.3) is 0 Å². The van der Waals surface area contributed by atoms with E-state index in [4.69, 9.17) is 0 Å². The zero-order valence-corrected chi connectivity index (χ0v) is 12.5. The van der Waals surface area contributed by atoms with Gasteiger partial charge in [0.05, 0.1) is 5.69 Å². The molecule has 1 aliphatic heterocycles. The molecule has 0 atom stereocenters. The first kappa shape index (κ1) is 15.4. The van der Waals surface area contributed by atoms with E-state index in [-0.39, 0.29) is 6.42 Å². The van der Waals surface area contributed by atoms with Gasteiger partial charge in [-0.15, -0.1) is 11.8 Å². The molecule has 0 saturated heterocycles. The number of carbonyl (C=O) groups is 2. The van der Waals surface area contributed by atoms with Crippen molar-refractivity contribution in [3.63, 3.8) is 0 Å². The lowest BCUT2D eigenvalue weighted by atomic mass is 9.94. The summed E-state index contributed by atoms with van der Waals surface area (Å²) in [6.45, 7) is 1.79. The van der Waals surface area contributed by atoms with Crippen molar-refractivity contribution in [1.29, 1.82) is 0 Å². The standard InChI is InChI=1S/C14H16N2O4S/c1-9-7-8-14(12(17)18,13(19)20)15-16(9)10-3-5-11(21-2)6-4-10/h3-7,15H,8H2,1-2H3,(H,17,18)(H,19,20). The Balaban J connectivity index is 2.38. The Labute approximate surface area is 126 Å². The molecule has 0 aromatic heterocycles. The van der Waals surface area contributed by atoms with Crippen LogP contribution in [0.3, 0.4) is 0 Å². The van der Waals surface area contributed by atoms with Crippen LogP contribution in [0.1, 0.15) is 13.3 Å². The van der Waals surface area contributed by atoms with E-state index in [1.54, 1.807) is 24.8 Å². The van der Waals surface area contributed by atoms with Gasteiger partial charge >= 0.3 is 11.9 Å². The molecule has 1 aromatic rings. The molecule has 0 radical (unpaired) electrons. The number of aliphatic carboxylic acids is 2. The average molecular weight is 308 g/mol. The van der Waals surface area contributed by atoms with Crippen molar-refractivity contribution in [1.82, 2.24) is 5.43 Å². The fourth-order valence-corrected chi connectivity index (χ4v) is 2.49. The third kappa shape index (κ3) is 2.74. The Morgan fingerprint density at radius 3 is 2.29 bits per heavy atom. The summed E-state index contributed by atoms with van der Waals surface area (Å²) in [5.41, 5.74) is 2.03. The molecule has 0 fully saturated rings. The summed E-state index contributed by atoms with van der Waals surface area (Å²) >= 11 is 1.59. The van der Waals surface area contributed by atoms with E-state index in [0.29, 0.717) is 5.69 Å². The van der Waals surface area contributed by atoms with Crippen LogP contribution in [0.25, 0.3) is 0 Å². The van der Waals surface area contributed by atoms with Crippen LogP contribution in [-0.4, -0.2) is 33.9 Å². The monoisotopic (exact) mass is 308 g/mol. The maximum absolute atomic E-state index is 11.4. The quantitative estimate of drug-likeness (QED) is 0.578. The van der Waals surface area contributed by atoms with Gasteiger partial charge in [-0.1, -0.05) is 6.08 Å². The second kappa shape index (κ2) is 5.79. The third-order valence-corrected chi connectivity index (χ3v) is 4.16. The largest absolute Gasteiger partial charge is 0.479 e. The van der Waals surface area contributed by atoms with E-state index in [0.717, 1.165) is 10.6 Å². The van der Waals surface area contributed by atoms with Gasteiger partial charge in [0.1, 0.15) is 0 Å². The molecule has 0 bridgehead atoms. The van der Waals surface area contributed by atoms with Crippen LogP contribution in [0, 0.1) is 0 Å². The number of hydrogen-bond donors (Lipinski definition) is 3. The topological polar surface area (TPSA) is 89.9 Å². The van der Waals surface area contributed by atoms with Crippen molar-refractivity contribution in [2.24, 2.45) is 0 Å². The highest BCUT2D eigenvalue weighted by Gasteiger charge is 2.49. The molecule has 1 aliphatic rings. The van der Waals surface area contributed by atoms with Crippen molar-refractivity contribution in [3.05, 3.63) is 36.0 Å². The summed E-state index contributed by atoms with van der Waals surface area (Å²) in [5, 5.41) is 20.1. The van der Waals surface area contributed by atoms with Gasteiger partial charge in [-0.05, 0) is 37.4 Å². The van der Waals surface area contributed by atoms with E-state index in [2.05, 4.69) is 5.43 Å². The lowest BCUT2D eigenvalue weighted by Crippen LogP contribution is -2.65. The molecule has 0 saturated carbocycles. The van der Waals surface area contributed by atoms with Gasteiger partial charge in [0.15, 0.2) is 0 Å². The van der Waals surface area contributed by atoms with Crippen LogP contribution in [0.4, 0.5) is 5.69 Å². The lowest BCUT2D eigenvalue weighted by Gasteiger charge is -2.38. The highest BCUT2D eigenvalue weighted by atomic mass is 32.2. The molecule has 1 aromatic carbocycles. The first-order valence-corrected chi connectivity index (χ1v) is 7.49. The Morgan fingerprint density at radius 2 is 1.81 bits per heavy atom. The first-order valence-electron chi connectivity index (χ1n) is 6.26. The van der Waals surface area contributed by atoms with Gasteiger partial charge in [-0.3, -0.25) is 5.01 Å². The number of nitrogens with one attached hydrogen (secondary N) is 1. The number of hydrogen-bond acceptors (Lipinski definition) is 5. The SMILES string of the molecule is CSc1ccc(N2NC(C(=O)O)(C(=O)O)CC=C2C)cc1. The number of rotatable bonds is 4. The van der Waals surface area contributed by atoms with Gasteiger partial charge in [0, 0.05) is 17.0 Å². The van der Waals surface area contributed by atoms with E-state index in [1.807, 2.05) is 30.5 Å². The Kier molecular flexibility index (Phi) is 4.24. The smallest absolute Gasteiger partial charge is 0.337 e. The number of carboxylic acids is 2. The third-order valence-electron chi connectivity index (χ3n) is 3.42.